The number of nitrogens with zero attached hydrogens (tertiary/aromatic N) is 5. The molecule has 0 bridgehead atoms. The summed E-state index contributed by atoms with van der Waals surface area (Å²) in [7, 11) is -3.55. The first kappa shape index (κ1) is 18.3. The quantitative estimate of drug-likeness (QED) is 0.650. The van der Waals surface area contributed by atoms with Gasteiger partial charge in [-0.3, -0.25) is 4.79 Å². The fraction of sp³-hybridized carbons (Fsp3) is 0.350. The van der Waals surface area contributed by atoms with Crippen molar-refractivity contribution in [1.82, 2.24) is 23.8 Å². The highest BCUT2D eigenvalue weighted by atomic mass is 32.2. The second-order valence-electron chi connectivity index (χ2n) is 7.43. The first-order chi connectivity index (χ1) is 14.0. The van der Waals surface area contributed by atoms with Crippen LogP contribution in [0.5, 0.6) is 0 Å². The van der Waals surface area contributed by atoms with Crippen LogP contribution in [0.2, 0.25) is 0 Å². The summed E-state index contributed by atoms with van der Waals surface area (Å²) in [4.78, 5) is 19.1. The van der Waals surface area contributed by atoms with Crippen LogP contribution in [-0.4, -0.2) is 64.3 Å². The zero-order valence-corrected chi connectivity index (χ0v) is 16.7. The second kappa shape index (κ2) is 6.93. The van der Waals surface area contributed by atoms with Gasteiger partial charge in [0, 0.05) is 38.6 Å². The molecule has 8 nitrogen and oxygen atoms in total. The Bertz CT molecular complexity index is 1200. The van der Waals surface area contributed by atoms with Crippen molar-refractivity contribution >= 4 is 21.6 Å². The standard InChI is InChI=1S/C20H21N5O3S/c26-20(18-14-22-25-8-2-7-21-19(18)25)23-9-11-24(12-10-23)29(27,28)17-6-5-15-3-1-4-16(15)13-17/h2,5-8,13-14H,1,3-4,9-12H2. The van der Waals surface area contributed by atoms with E-state index < -0.39 is 10.0 Å². The molecule has 0 radical (unpaired) electrons. The maximum absolute atomic E-state index is 13.1. The van der Waals surface area contributed by atoms with Gasteiger partial charge in [0.2, 0.25) is 10.0 Å². The summed E-state index contributed by atoms with van der Waals surface area (Å²) in [6.45, 7) is 1.23. The van der Waals surface area contributed by atoms with E-state index in [1.807, 2.05) is 12.1 Å². The number of rotatable bonds is 3. The lowest BCUT2D eigenvalue weighted by molar-refractivity contribution is 0.0699. The van der Waals surface area contributed by atoms with Crippen molar-refractivity contribution < 1.29 is 13.2 Å². The SMILES string of the molecule is O=C(c1cnn2cccnc12)N1CCN(S(=O)(=O)c2ccc3c(c2)CCC3)CC1. The molecular formula is C20H21N5O3S. The number of benzene rings is 1. The van der Waals surface area contributed by atoms with Gasteiger partial charge in [0.05, 0.1) is 11.1 Å². The average Bonchev–Trinajstić information content (AvgIpc) is 3.39. The van der Waals surface area contributed by atoms with Gasteiger partial charge in [-0.05, 0) is 48.6 Å². The number of sulfonamides is 1. The molecule has 1 fully saturated rings. The predicted molar refractivity (Wildman–Crippen MR) is 106 cm³/mol. The highest BCUT2D eigenvalue weighted by Crippen LogP contribution is 2.27. The molecule has 2 aromatic heterocycles. The van der Waals surface area contributed by atoms with Crippen molar-refractivity contribution in [3.05, 3.63) is 59.5 Å². The summed E-state index contributed by atoms with van der Waals surface area (Å²) in [5.74, 6) is -0.173. The molecule has 1 amide bonds. The van der Waals surface area contributed by atoms with Crippen LogP contribution < -0.4 is 0 Å². The monoisotopic (exact) mass is 411 g/mol. The molecule has 0 spiro atoms. The first-order valence-corrected chi connectivity index (χ1v) is 11.2. The molecule has 0 saturated carbocycles. The van der Waals surface area contributed by atoms with E-state index in [9.17, 15) is 13.2 Å². The molecule has 1 aliphatic heterocycles. The summed E-state index contributed by atoms with van der Waals surface area (Å²) in [5.41, 5.74) is 3.33. The van der Waals surface area contributed by atoms with Gasteiger partial charge in [-0.25, -0.2) is 17.9 Å². The number of hydrogen-bond donors (Lipinski definition) is 0. The Morgan fingerprint density at radius 3 is 2.66 bits per heavy atom. The van der Waals surface area contributed by atoms with E-state index in [0.29, 0.717) is 29.2 Å². The van der Waals surface area contributed by atoms with Crippen molar-refractivity contribution in [2.75, 3.05) is 26.2 Å². The molecular weight excluding hydrogens is 390 g/mol. The maximum atomic E-state index is 13.1. The van der Waals surface area contributed by atoms with Crippen molar-refractivity contribution in [3.63, 3.8) is 0 Å². The van der Waals surface area contributed by atoms with Crippen molar-refractivity contribution in [3.8, 4) is 0 Å². The number of fused-ring (bicyclic) bond motifs is 2. The van der Waals surface area contributed by atoms with E-state index in [0.717, 1.165) is 24.8 Å². The Kier molecular flexibility index (Phi) is 4.36. The van der Waals surface area contributed by atoms with Crippen LogP contribution in [-0.2, 0) is 22.9 Å². The summed E-state index contributed by atoms with van der Waals surface area (Å²) in [6, 6.07) is 7.21. The van der Waals surface area contributed by atoms with Crippen molar-refractivity contribution in [1.29, 1.82) is 0 Å². The van der Waals surface area contributed by atoms with E-state index in [-0.39, 0.29) is 19.0 Å². The summed E-state index contributed by atoms with van der Waals surface area (Å²) < 4.78 is 29.2. The zero-order valence-electron chi connectivity index (χ0n) is 15.9. The number of carbonyl (C=O) groups excluding carboxylic acids is 1. The van der Waals surface area contributed by atoms with Crippen LogP contribution >= 0.6 is 0 Å². The van der Waals surface area contributed by atoms with Gasteiger partial charge >= 0.3 is 0 Å². The second-order valence-corrected chi connectivity index (χ2v) is 9.36. The summed E-state index contributed by atoms with van der Waals surface area (Å²) in [6.07, 6.45) is 7.91. The smallest absolute Gasteiger partial charge is 0.259 e. The van der Waals surface area contributed by atoms with Gasteiger partial charge in [0.1, 0.15) is 5.56 Å². The zero-order chi connectivity index (χ0) is 20.0. The number of aromatic nitrogens is 3. The fourth-order valence-electron chi connectivity index (χ4n) is 4.14. The minimum atomic E-state index is -3.55. The van der Waals surface area contributed by atoms with Gasteiger partial charge in [-0.2, -0.15) is 9.40 Å². The van der Waals surface area contributed by atoms with Crippen LogP contribution in [0.1, 0.15) is 27.9 Å². The lowest BCUT2D eigenvalue weighted by Crippen LogP contribution is -2.50. The van der Waals surface area contributed by atoms with Crippen LogP contribution in [0.4, 0.5) is 0 Å². The summed E-state index contributed by atoms with van der Waals surface area (Å²) in [5, 5.41) is 4.16. The molecule has 2 aliphatic rings. The lowest BCUT2D eigenvalue weighted by Gasteiger charge is -2.33. The van der Waals surface area contributed by atoms with E-state index in [1.165, 1.54) is 16.1 Å². The molecule has 1 aliphatic carbocycles. The Morgan fingerprint density at radius 2 is 1.83 bits per heavy atom. The van der Waals surface area contributed by atoms with Gasteiger partial charge in [-0.1, -0.05) is 6.07 Å². The molecule has 3 heterocycles. The number of piperazine rings is 1. The molecule has 0 N–H and O–H groups in total. The molecule has 1 saturated heterocycles. The van der Waals surface area contributed by atoms with E-state index in [1.54, 1.807) is 33.9 Å². The van der Waals surface area contributed by atoms with Gasteiger partial charge < -0.3 is 4.90 Å². The van der Waals surface area contributed by atoms with Crippen LogP contribution in [0.25, 0.3) is 5.65 Å². The number of amides is 1. The Morgan fingerprint density at radius 1 is 1.03 bits per heavy atom. The molecule has 9 heteroatoms. The van der Waals surface area contributed by atoms with Gasteiger partial charge in [0.15, 0.2) is 5.65 Å². The molecule has 150 valence electrons. The third-order valence-electron chi connectivity index (χ3n) is 5.74. The summed E-state index contributed by atoms with van der Waals surface area (Å²) >= 11 is 0. The fourth-order valence-corrected chi connectivity index (χ4v) is 5.61. The molecule has 1 aromatic carbocycles. The minimum absolute atomic E-state index is 0.173. The topological polar surface area (TPSA) is 87.9 Å². The molecule has 29 heavy (non-hydrogen) atoms. The number of carbonyl (C=O) groups is 1. The average molecular weight is 411 g/mol. The minimum Gasteiger partial charge on any atom is -0.336 e. The van der Waals surface area contributed by atoms with E-state index >= 15 is 0 Å². The van der Waals surface area contributed by atoms with Crippen molar-refractivity contribution in [2.45, 2.75) is 24.2 Å². The molecule has 0 unspecified atom stereocenters. The van der Waals surface area contributed by atoms with Crippen LogP contribution in [0, 0.1) is 0 Å². The third kappa shape index (κ3) is 3.10. The van der Waals surface area contributed by atoms with Crippen LogP contribution in [0.3, 0.4) is 0 Å². The third-order valence-corrected chi connectivity index (χ3v) is 7.64. The first-order valence-electron chi connectivity index (χ1n) is 9.73. The van der Waals surface area contributed by atoms with Crippen LogP contribution in [0.15, 0.2) is 47.8 Å². The van der Waals surface area contributed by atoms with Crippen molar-refractivity contribution in [2.24, 2.45) is 0 Å². The highest BCUT2D eigenvalue weighted by molar-refractivity contribution is 7.89. The Labute approximate surface area is 168 Å². The molecule has 3 aromatic rings. The van der Waals surface area contributed by atoms with Gasteiger partial charge in [-0.15, -0.1) is 0 Å². The maximum Gasteiger partial charge on any atom is 0.259 e. The Balaban J connectivity index is 1.31. The molecule has 5 rings (SSSR count). The largest absolute Gasteiger partial charge is 0.336 e. The lowest BCUT2D eigenvalue weighted by atomic mass is 10.1. The number of aryl methyl sites for hydroxylation is 2. The predicted octanol–water partition coefficient (Wildman–Crippen LogP) is 1.36. The van der Waals surface area contributed by atoms with E-state index in [2.05, 4.69) is 10.1 Å². The van der Waals surface area contributed by atoms with E-state index in [4.69, 9.17) is 0 Å². The highest BCUT2D eigenvalue weighted by Gasteiger charge is 2.32. The normalized spacial score (nSPS) is 17.6. The van der Waals surface area contributed by atoms with Gasteiger partial charge in [0.25, 0.3) is 5.91 Å². The molecule has 0 atom stereocenters. The Hall–Kier alpha value is -2.78. The number of hydrogen-bond acceptors (Lipinski definition) is 5.